The highest BCUT2D eigenvalue weighted by Gasteiger charge is 2.46. The van der Waals surface area contributed by atoms with E-state index >= 15 is 0 Å². The van der Waals surface area contributed by atoms with Crippen LogP contribution < -0.4 is 10.6 Å². The lowest BCUT2D eigenvalue weighted by Gasteiger charge is -2.50. The number of alkyl carbamates (subject to hydrolysis) is 2. The molecule has 2 unspecified atom stereocenters. The molecule has 2 amide bonds. The predicted molar refractivity (Wildman–Crippen MR) is 159 cm³/mol. The lowest BCUT2D eigenvalue weighted by atomic mass is 9.59. The number of ether oxygens (including phenoxy) is 4. The Balaban J connectivity index is 5.74. The molecule has 0 aromatic carbocycles. The Labute approximate surface area is 247 Å². The van der Waals surface area contributed by atoms with E-state index in [2.05, 4.69) is 30.7 Å². The van der Waals surface area contributed by atoms with Crippen LogP contribution in [0, 0.1) is 11.3 Å². The highest BCUT2D eigenvalue weighted by Crippen LogP contribution is 2.47. The maximum Gasteiger partial charge on any atom is 0.407 e. The van der Waals surface area contributed by atoms with Crippen LogP contribution in [-0.4, -0.2) is 62.6 Å². The van der Waals surface area contributed by atoms with Gasteiger partial charge in [-0.2, -0.15) is 0 Å². The quantitative estimate of drug-likeness (QED) is 0.0704. The lowest BCUT2D eigenvalue weighted by Crippen LogP contribution is -2.58. The molecule has 0 aromatic heterocycles. The first-order valence-corrected chi connectivity index (χ1v) is 14.7. The van der Waals surface area contributed by atoms with Crippen molar-refractivity contribution in [1.29, 1.82) is 0 Å². The summed E-state index contributed by atoms with van der Waals surface area (Å²) in [5.41, 5.74) is -0.319. The van der Waals surface area contributed by atoms with Gasteiger partial charge in [0.15, 0.2) is 0 Å². The standard InChI is InChI=1S/C31H54N2O8/c1-10-38-28(36)32-20-16-18-25(17-12-14-21-40-26(34)23(3)4)31(9,30(7,8)33-29(37)39-11-2)19-13-15-22-41-27(35)24(5)6/h25H,3,5,10-22H2,1-2,4,6-9H3,(H,32,36)(H,33,37). The second-order valence-corrected chi connectivity index (χ2v) is 11.2. The molecule has 0 radical (unpaired) electrons. The van der Waals surface area contributed by atoms with Gasteiger partial charge in [0.25, 0.3) is 0 Å². The van der Waals surface area contributed by atoms with Gasteiger partial charge < -0.3 is 29.6 Å². The summed E-state index contributed by atoms with van der Waals surface area (Å²) >= 11 is 0. The van der Waals surface area contributed by atoms with Crippen molar-refractivity contribution in [3.8, 4) is 0 Å². The Hall–Kier alpha value is -3.04. The molecule has 2 N–H and O–H groups in total. The molecule has 0 aliphatic carbocycles. The van der Waals surface area contributed by atoms with Gasteiger partial charge in [0.2, 0.25) is 0 Å². The monoisotopic (exact) mass is 582 g/mol. The summed E-state index contributed by atoms with van der Waals surface area (Å²) in [6.07, 6.45) is 5.07. The van der Waals surface area contributed by atoms with Gasteiger partial charge in [0, 0.05) is 23.2 Å². The summed E-state index contributed by atoms with van der Waals surface area (Å²) < 4.78 is 20.7. The van der Waals surface area contributed by atoms with Gasteiger partial charge >= 0.3 is 24.1 Å². The van der Waals surface area contributed by atoms with Gasteiger partial charge in [-0.1, -0.05) is 20.1 Å². The second-order valence-electron chi connectivity index (χ2n) is 11.2. The van der Waals surface area contributed by atoms with Crippen molar-refractivity contribution in [1.82, 2.24) is 10.6 Å². The molecule has 236 valence electrons. The lowest BCUT2D eigenvalue weighted by molar-refractivity contribution is -0.140. The number of amides is 2. The van der Waals surface area contributed by atoms with Crippen LogP contribution in [0.2, 0.25) is 0 Å². The number of rotatable bonds is 21. The summed E-state index contributed by atoms with van der Waals surface area (Å²) in [6.45, 7) is 21.8. The molecule has 0 bridgehead atoms. The number of unbranched alkanes of at least 4 members (excludes halogenated alkanes) is 2. The molecule has 41 heavy (non-hydrogen) atoms. The van der Waals surface area contributed by atoms with Gasteiger partial charge in [0.1, 0.15) is 0 Å². The maximum absolute atomic E-state index is 12.5. The molecule has 0 saturated carbocycles. The summed E-state index contributed by atoms with van der Waals surface area (Å²) in [4.78, 5) is 47.9. The summed E-state index contributed by atoms with van der Waals surface area (Å²) in [7, 11) is 0. The number of esters is 2. The van der Waals surface area contributed by atoms with Crippen LogP contribution in [0.1, 0.15) is 99.8 Å². The summed E-state index contributed by atoms with van der Waals surface area (Å²) in [5, 5.41) is 5.86. The van der Waals surface area contributed by atoms with Gasteiger partial charge in [0.05, 0.1) is 26.4 Å². The molecule has 0 fully saturated rings. The van der Waals surface area contributed by atoms with E-state index in [4.69, 9.17) is 18.9 Å². The van der Waals surface area contributed by atoms with Crippen molar-refractivity contribution in [2.75, 3.05) is 33.0 Å². The van der Waals surface area contributed by atoms with Gasteiger partial charge in [-0.05, 0) is 104 Å². The van der Waals surface area contributed by atoms with Crippen LogP contribution in [0.4, 0.5) is 9.59 Å². The minimum atomic E-state index is -0.653. The summed E-state index contributed by atoms with van der Waals surface area (Å²) in [6, 6.07) is 0. The number of carbonyl (C=O) groups excluding carboxylic acids is 4. The van der Waals surface area contributed by atoms with Crippen LogP contribution in [-0.2, 0) is 28.5 Å². The molecule has 10 nitrogen and oxygen atoms in total. The van der Waals surface area contributed by atoms with Gasteiger partial charge in [-0.15, -0.1) is 0 Å². The zero-order chi connectivity index (χ0) is 31.5. The average molecular weight is 583 g/mol. The zero-order valence-electron chi connectivity index (χ0n) is 26.4. The molecule has 0 aromatic rings. The van der Waals surface area contributed by atoms with E-state index in [0.29, 0.717) is 43.7 Å². The third kappa shape index (κ3) is 15.0. The molecule has 0 aliphatic rings. The molecular formula is C31H54N2O8. The normalized spacial score (nSPS) is 13.2. The first-order valence-electron chi connectivity index (χ1n) is 14.7. The second kappa shape index (κ2) is 19.9. The highest BCUT2D eigenvalue weighted by atomic mass is 16.6. The molecule has 2 atom stereocenters. The smallest absolute Gasteiger partial charge is 0.407 e. The molecular weight excluding hydrogens is 528 g/mol. The van der Waals surface area contributed by atoms with Crippen molar-refractivity contribution in [2.24, 2.45) is 11.3 Å². The fourth-order valence-corrected chi connectivity index (χ4v) is 4.76. The molecule has 0 heterocycles. The van der Waals surface area contributed by atoms with Crippen molar-refractivity contribution < 1.29 is 38.1 Å². The Kier molecular flexibility index (Phi) is 18.5. The Morgan fingerprint density at radius 1 is 0.707 bits per heavy atom. The molecule has 0 aliphatic heterocycles. The Bertz CT molecular complexity index is 870. The fourth-order valence-electron chi connectivity index (χ4n) is 4.76. The van der Waals surface area contributed by atoms with Crippen molar-refractivity contribution in [2.45, 2.75) is 105 Å². The van der Waals surface area contributed by atoms with Crippen LogP contribution in [0.15, 0.2) is 24.3 Å². The van der Waals surface area contributed by atoms with E-state index in [1.807, 2.05) is 13.8 Å². The van der Waals surface area contributed by atoms with E-state index in [0.717, 1.165) is 38.5 Å². The zero-order valence-corrected chi connectivity index (χ0v) is 26.4. The third-order valence-electron chi connectivity index (χ3n) is 7.49. The largest absolute Gasteiger partial charge is 0.462 e. The van der Waals surface area contributed by atoms with E-state index in [1.54, 1.807) is 27.7 Å². The number of carbonyl (C=O) groups is 4. The minimum Gasteiger partial charge on any atom is -0.462 e. The van der Waals surface area contributed by atoms with Crippen LogP contribution in [0.5, 0.6) is 0 Å². The van der Waals surface area contributed by atoms with Crippen molar-refractivity contribution in [3.05, 3.63) is 24.3 Å². The van der Waals surface area contributed by atoms with Crippen molar-refractivity contribution in [3.63, 3.8) is 0 Å². The highest BCUT2D eigenvalue weighted by molar-refractivity contribution is 5.87. The molecule has 0 rings (SSSR count). The molecule has 10 heteroatoms. The first-order chi connectivity index (χ1) is 19.2. The number of nitrogens with one attached hydrogen (secondary N) is 2. The van der Waals surface area contributed by atoms with E-state index < -0.39 is 35.1 Å². The third-order valence-corrected chi connectivity index (χ3v) is 7.49. The van der Waals surface area contributed by atoms with Crippen molar-refractivity contribution >= 4 is 24.1 Å². The van der Waals surface area contributed by atoms with Gasteiger partial charge in [-0.25, -0.2) is 19.2 Å². The number of hydrogen-bond donors (Lipinski definition) is 2. The minimum absolute atomic E-state index is 0.137. The SMILES string of the molecule is C=C(C)C(=O)OCCCCC(CCCNC(=O)OCC)C(C)(CCCCOC(=O)C(=C)C)C(C)(C)NC(=O)OCC. The van der Waals surface area contributed by atoms with E-state index in [1.165, 1.54) is 0 Å². The van der Waals surface area contributed by atoms with Gasteiger partial charge in [-0.3, -0.25) is 0 Å². The Morgan fingerprint density at radius 2 is 1.20 bits per heavy atom. The molecule has 0 spiro atoms. The van der Waals surface area contributed by atoms with E-state index in [9.17, 15) is 19.2 Å². The topological polar surface area (TPSA) is 129 Å². The summed E-state index contributed by atoms with van der Waals surface area (Å²) in [5.74, 6) is -0.668. The fraction of sp³-hybridized carbons (Fsp3) is 0.742. The maximum atomic E-state index is 12.5. The van der Waals surface area contributed by atoms with E-state index in [-0.39, 0.29) is 19.1 Å². The average Bonchev–Trinajstić information content (AvgIpc) is 2.88. The molecule has 0 saturated heterocycles. The number of hydrogen-bond acceptors (Lipinski definition) is 8. The van der Waals surface area contributed by atoms with Crippen LogP contribution in [0.3, 0.4) is 0 Å². The Morgan fingerprint density at radius 3 is 1.71 bits per heavy atom. The van der Waals surface area contributed by atoms with Crippen LogP contribution >= 0.6 is 0 Å². The van der Waals surface area contributed by atoms with Crippen LogP contribution in [0.25, 0.3) is 0 Å². The predicted octanol–water partition coefficient (Wildman–Crippen LogP) is 6.24. The first kappa shape index (κ1) is 38.0.